The summed E-state index contributed by atoms with van der Waals surface area (Å²) in [5.74, 6) is -7.37. The Bertz CT molecular complexity index is 1830. The Morgan fingerprint density at radius 1 is 0.935 bits per heavy atom. The lowest BCUT2D eigenvalue weighted by atomic mass is 9.59. The Balaban J connectivity index is 1.50. The predicted molar refractivity (Wildman–Crippen MR) is 161 cm³/mol. The summed E-state index contributed by atoms with van der Waals surface area (Å²) in [7, 11) is 1.32. The third-order valence-corrected chi connectivity index (χ3v) is 10.2. The highest BCUT2D eigenvalue weighted by Gasteiger charge is 2.57. The fraction of sp³-hybridized carbons (Fsp3) is 0.290. The van der Waals surface area contributed by atoms with Gasteiger partial charge in [0.2, 0.25) is 11.8 Å². The number of alkyl halides is 6. The first kappa shape index (κ1) is 32.5. The maximum absolute atomic E-state index is 14.0. The molecule has 1 saturated heterocycles. The van der Waals surface area contributed by atoms with Gasteiger partial charge in [0, 0.05) is 23.1 Å². The molecule has 1 fully saturated rings. The second-order valence-corrected chi connectivity index (χ2v) is 13.2. The van der Waals surface area contributed by atoms with Crippen LogP contribution in [0.3, 0.4) is 0 Å². The maximum Gasteiger partial charge on any atom is 0.416 e. The average Bonchev–Trinajstić information content (AvgIpc) is 3.24. The van der Waals surface area contributed by atoms with Crippen molar-refractivity contribution < 1.29 is 55.4 Å². The first-order chi connectivity index (χ1) is 21.4. The van der Waals surface area contributed by atoms with Crippen molar-refractivity contribution in [2.24, 2.45) is 17.8 Å². The highest BCUT2D eigenvalue weighted by atomic mass is 127. The molecule has 0 aromatic heterocycles. The molecule has 3 aliphatic carbocycles. The van der Waals surface area contributed by atoms with Gasteiger partial charge in [0.1, 0.15) is 0 Å². The zero-order valence-electron chi connectivity index (χ0n) is 23.2. The van der Waals surface area contributed by atoms with E-state index >= 15 is 0 Å². The van der Waals surface area contributed by atoms with Crippen LogP contribution in [0.25, 0.3) is 0 Å². The minimum Gasteiger partial charge on any atom is -0.504 e. The minimum atomic E-state index is -5.21. The van der Waals surface area contributed by atoms with Crippen molar-refractivity contribution in [1.82, 2.24) is 0 Å². The molecular weight excluding hydrogens is 803 g/mol. The van der Waals surface area contributed by atoms with Crippen molar-refractivity contribution in [2.45, 2.75) is 31.1 Å². The summed E-state index contributed by atoms with van der Waals surface area (Å²) in [6.07, 6.45) is -7.93. The van der Waals surface area contributed by atoms with E-state index in [-0.39, 0.29) is 46.0 Å². The zero-order valence-corrected chi connectivity index (χ0v) is 27.0. The number of ketones is 2. The molecule has 0 radical (unpaired) electrons. The number of methoxy groups -OCH3 is 1. The minimum absolute atomic E-state index is 0.0354. The first-order valence-corrected chi connectivity index (χ1v) is 15.4. The van der Waals surface area contributed by atoms with Crippen molar-refractivity contribution in [3.05, 3.63) is 83.9 Å². The van der Waals surface area contributed by atoms with Crippen LogP contribution in [0.4, 0.5) is 32.0 Å². The molecule has 0 saturated carbocycles. The smallest absolute Gasteiger partial charge is 0.416 e. The number of aromatic hydroxyl groups is 1. The fourth-order valence-corrected chi connectivity index (χ4v) is 7.90. The van der Waals surface area contributed by atoms with Gasteiger partial charge in [-0.3, -0.25) is 19.2 Å². The highest BCUT2D eigenvalue weighted by Crippen LogP contribution is 2.56. The standard InChI is InChI=1S/C31H19BrF6INO6/c1-46-22-5-11(4-20(39)27(22)43)23-15-2-3-16-24(17(15)9-18-25(23)21(41)10-19(32)26(18)42)29(45)40(28(16)44)14-7-12(30(33,34)35)6-13(8-14)31(36,37)38/h2,4-8,10,16-17,23-24,43H,3,9H2,1H3. The number of carbonyl (C=O) groups is 4. The number of fused-ring (bicyclic) bond motifs is 3. The molecule has 46 heavy (non-hydrogen) atoms. The van der Waals surface area contributed by atoms with Crippen molar-refractivity contribution >= 4 is 67.6 Å². The van der Waals surface area contributed by atoms with E-state index in [0.717, 1.165) is 6.08 Å². The van der Waals surface area contributed by atoms with Crippen molar-refractivity contribution in [3.63, 3.8) is 0 Å². The molecule has 4 unspecified atom stereocenters. The molecule has 2 aromatic rings. The largest absolute Gasteiger partial charge is 0.504 e. The third-order valence-electron chi connectivity index (χ3n) is 8.77. The van der Waals surface area contributed by atoms with Gasteiger partial charge in [-0.15, -0.1) is 0 Å². The van der Waals surface area contributed by atoms with Crippen LogP contribution in [-0.4, -0.2) is 35.6 Å². The summed E-state index contributed by atoms with van der Waals surface area (Å²) < 4.78 is 87.5. The Morgan fingerprint density at radius 2 is 1.57 bits per heavy atom. The topological polar surface area (TPSA) is 101 Å². The van der Waals surface area contributed by atoms with Gasteiger partial charge in [-0.05, 0) is 93.2 Å². The number of carbonyl (C=O) groups excluding carboxylic acids is 4. The lowest BCUT2D eigenvalue weighted by molar-refractivity contribution is -0.143. The number of hydrogen-bond acceptors (Lipinski definition) is 6. The molecule has 15 heteroatoms. The summed E-state index contributed by atoms with van der Waals surface area (Å²) >= 11 is 4.96. The molecule has 0 bridgehead atoms. The van der Waals surface area contributed by atoms with E-state index < -0.39 is 76.2 Å². The lowest BCUT2D eigenvalue weighted by Crippen LogP contribution is -2.39. The number of nitrogens with zero attached hydrogens (tertiary/aromatic N) is 1. The molecule has 1 N–H and O–H groups in total. The van der Waals surface area contributed by atoms with E-state index in [1.807, 2.05) is 22.6 Å². The van der Waals surface area contributed by atoms with Crippen LogP contribution >= 0.6 is 38.5 Å². The predicted octanol–water partition coefficient (Wildman–Crippen LogP) is 7.01. The normalized spacial score (nSPS) is 24.8. The molecule has 1 heterocycles. The second kappa shape index (κ2) is 11.1. The van der Waals surface area contributed by atoms with Gasteiger partial charge in [0.05, 0.1) is 43.8 Å². The molecular formula is C31H19BrF6INO6. The number of rotatable bonds is 3. The van der Waals surface area contributed by atoms with E-state index in [9.17, 15) is 50.6 Å². The molecule has 4 aliphatic rings. The Hall–Kier alpha value is -3.47. The number of ether oxygens (including phenoxy) is 1. The quantitative estimate of drug-likeness (QED) is 0.118. The van der Waals surface area contributed by atoms with Crippen LogP contribution in [0.15, 0.2) is 63.7 Å². The average molecular weight is 822 g/mol. The SMILES string of the molecule is COc1cc(C2C3=CCC4C(=O)N(c5cc(C(F)(F)F)cc(C(F)(F)F)c5)C(=O)C4C3CC3=C2C(=O)C=C(Br)C3=O)cc(I)c1O. The van der Waals surface area contributed by atoms with Gasteiger partial charge < -0.3 is 9.84 Å². The molecule has 0 spiro atoms. The van der Waals surface area contributed by atoms with Gasteiger partial charge in [-0.2, -0.15) is 26.3 Å². The summed E-state index contributed by atoms with van der Waals surface area (Å²) in [6.45, 7) is 0. The number of amides is 2. The first-order valence-electron chi connectivity index (χ1n) is 13.6. The molecule has 4 atom stereocenters. The van der Waals surface area contributed by atoms with Crippen molar-refractivity contribution in [3.8, 4) is 11.5 Å². The van der Waals surface area contributed by atoms with E-state index in [0.29, 0.717) is 31.7 Å². The number of anilines is 1. The number of imide groups is 1. The van der Waals surface area contributed by atoms with E-state index in [4.69, 9.17) is 4.74 Å². The second-order valence-electron chi connectivity index (χ2n) is 11.2. The lowest BCUT2D eigenvalue weighted by Gasteiger charge is -2.42. The Kier molecular flexibility index (Phi) is 7.81. The van der Waals surface area contributed by atoms with Crippen LogP contribution in [0.5, 0.6) is 11.5 Å². The van der Waals surface area contributed by atoms with Gasteiger partial charge in [0.15, 0.2) is 23.1 Å². The van der Waals surface area contributed by atoms with E-state index in [1.165, 1.54) is 13.2 Å². The number of hydrogen-bond donors (Lipinski definition) is 1. The fourth-order valence-electron chi connectivity index (χ4n) is 6.82. The Morgan fingerprint density at radius 3 is 2.15 bits per heavy atom. The summed E-state index contributed by atoms with van der Waals surface area (Å²) in [6, 6.07) is 3.62. The number of halogens is 8. The van der Waals surface area contributed by atoms with E-state index in [2.05, 4.69) is 15.9 Å². The number of allylic oxidation sites excluding steroid dienone is 6. The van der Waals surface area contributed by atoms with Gasteiger partial charge in [-0.25, -0.2) is 4.90 Å². The van der Waals surface area contributed by atoms with E-state index in [1.54, 1.807) is 12.1 Å². The molecule has 240 valence electrons. The van der Waals surface area contributed by atoms with Gasteiger partial charge >= 0.3 is 12.4 Å². The zero-order chi connectivity index (χ0) is 33.6. The van der Waals surface area contributed by atoms with Crippen molar-refractivity contribution in [2.75, 3.05) is 12.0 Å². The van der Waals surface area contributed by atoms with Crippen LogP contribution in [0.2, 0.25) is 0 Å². The Labute approximate surface area is 278 Å². The van der Waals surface area contributed by atoms with Crippen LogP contribution < -0.4 is 9.64 Å². The molecule has 2 aromatic carbocycles. The molecule has 2 amide bonds. The summed E-state index contributed by atoms with van der Waals surface area (Å²) in [4.78, 5) is 54.8. The number of benzene rings is 2. The summed E-state index contributed by atoms with van der Waals surface area (Å²) in [5, 5.41) is 10.5. The van der Waals surface area contributed by atoms with Crippen LogP contribution in [0, 0.1) is 21.3 Å². The van der Waals surface area contributed by atoms with Crippen LogP contribution in [0.1, 0.15) is 35.4 Å². The molecule has 7 nitrogen and oxygen atoms in total. The number of Topliss-reactive ketones (excluding diaryl/α,β-unsaturated/α-hetero) is 1. The number of phenols is 1. The van der Waals surface area contributed by atoms with Gasteiger partial charge in [-0.1, -0.05) is 11.6 Å². The third kappa shape index (κ3) is 5.09. The maximum atomic E-state index is 14.0. The monoisotopic (exact) mass is 821 g/mol. The van der Waals surface area contributed by atoms with Gasteiger partial charge in [0.25, 0.3) is 0 Å². The molecule has 6 rings (SSSR count). The summed E-state index contributed by atoms with van der Waals surface area (Å²) in [5.41, 5.74) is -3.14. The van der Waals surface area contributed by atoms with Crippen molar-refractivity contribution in [1.29, 1.82) is 0 Å². The van der Waals surface area contributed by atoms with Crippen LogP contribution in [-0.2, 0) is 31.5 Å². The highest BCUT2D eigenvalue weighted by molar-refractivity contribution is 14.1. The number of phenolic OH excluding ortho intramolecular Hbond substituents is 1. The molecule has 1 aliphatic heterocycles.